The van der Waals surface area contributed by atoms with Crippen LogP contribution in [0.5, 0.6) is 0 Å². The first-order valence-corrected chi connectivity index (χ1v) is 6.37. The lowest BCUT2D eigenvalue weighted by Crippen LogP contribution is -2.33. The van der Waals surface area contributed by atoms with Crippen molar-refractivity contribution in [2.24, 2.45) is 5.92 Å². The number of aromatic nitrogens is 2. The Kier molecular flexibility index (Phi) is 5.00. The van der Waals surface area contributed by atoms with Crippen LogP contribution in [0, 0.1) is 19.8 Å². The summed E-state index contributed by atoms with van der Waals surface area (Å²) < 4.78 is 1.40. The van der Waals surface area contributed by atoms with Gasteiger partial charge < -0.3 is 0 Å². The van der Waals surface area contributed by atoms with Crippen LogP contribution in [0.15, 0.2) is 9.59 Å². The molecule has 17 heavy (non-hydrogen) atoms. The van der Waals surface area contributed by atoms with E-state index in [1.54, 1.807) is 13.8 Å². The van der Waals surface area contributed by atoms with Gasteiger partial charge in [0.2, 0.25) is 0 Å². The number of hydrogen-bond donors (Lipinski definition) is 1. The molecule has 1 unspecified atom stereocenters. The van der Waals surface area contributed by atoms with Crippen molar-refractivity contribution in [3.63, 3.8) is 0 Å². The first-order chi connectivity index (χ1) is 7.97. The Hall–Kier alpha value is -1.03. The van der Waals surface area contributed by atoms with Gasteiger partial charge >= 0.3 is 0 Å². The molecule has 0 fully saturated rings. The van der Waals surface area contributed by atoms with E-state index in [4.69, 9.17) is 11.6 Å². The average Bonchev–Trinajstić information content (AvgIpc) is 2.30. The van der Waals surface area contributed by atoms with Gasteiger partial charge in [0.1, 0.15) is 0 Å². The normalized spacial score (nSPS) is 12.7. The van der Waals surface area contributed by atoms with Gasteiger partial charge in [-0.15, -0.1) is 11.6 Å². The molecule has 1 rings (SSSR count). The Morgan fingerprint density at radius 1 is 1.24 bits per heavy atom. The predicted octanol–water partition coefficient (Wildman–Crippen LogP) is 1.81. The molecule has 0 saturated heterocycles. The maximum Gasteiger partial charge on any atom is 0.268 e. The molecule has 0 aliphatic heterocycles. The third-order valence-electron chi connectivity index (χ3n) is 3.15. The van der Waals surface area contributed by atoms with E-state index in [9.17, 15) is 9.59 Å². The maximum atomic E-state index is 11.9. The second-order valence-electron chi connectivity index (χ2n) is 4.52. The highest BCUT2D eigenvalue weighted by Crippen LogP contribution is 2.08. The molecule has 5 heteroatoms. The van der Waals surface area contributed by atoms with Gasteiger partial charge in [0.05, 0.1) is 0 Å². The van der Waals surface area contributed by atoms with Crippen LogP contribution >= 0.6 is 11.6 Å². The Balaban J connectivity index is 2.86. The second-order valence-corrected chi connectivity index (χ2v) is 4.90. The van der Waals surface area contributed by atoms with Crippen molar-refractivity contribution in [2.45, 2.75) is 40.2 Å². The lowest BCUT2D eigenvalue weighted by molar-refractivity contribution is 0.435. The molecule has 0 aliphatic carbocycles. The zero-order valence-electron chi connectivity index (χ0n) is 10.5. The van der Waals surface area contributed by atoms with Gasteiger partial charge in [-0.25, -0.2) is 0 Å². The number of nitrogens with zero attached hydrogens (tertiary/aromatic N) is 1. The fourth-order valence-corrected chi connectivity index (χ4v) is 2.00. The predicted molar refractivity (Wildman–Crippen MR) is 69.9 cm³/mol. The molecule has 0 aromatic carbocycles. The van der Waals surface area contributed by atoms with E-state index in [0.29, 0.717) is 29.5 Å². The number of nitrogens with one attached hydrogen (secondary N) is 1. The first-order valence-electron chi connectivity index (χ1n) is 5.83. The van der Waals surface area contributed by atoms with Crippen molar-refractivity contribution < 1.29 is 0 Å². The van der Waals surface area contributed by atoms with E-state index in [1.165, 1.54) is 4.68 Å². The van der Waals surface area contributed by atoms with Gasteiger partial charge in [-0.1, -0.05) is 6.92 Å². The molecule has 1 heterocycles. The zero-order valence-corrected chi connectivity index (χ0v) is 11.3. The van der Waals surface area contributed by atoms with Crippen LogP contribution in [0.25, 0.3) is 0 Å². The highest BCUT2D eigenvalue weighted by atomic mass is 35.5. The smallest absolute Gasteiger partial charge is 0.268 e. The number of H-pyrrole nitrogens is 1. The highest BCUT2D eigenvalue weighted by Gasteiger charge is 2.08. The molecule has 0 saturated carbocycles. The lowest BCUT2D eigenvalue weighted by atomic mass is 10.1. The van der Waals surface area contributed by atoms with Crippen LogP contribution in [0.4, 0.5) is 0 Å². The standard InChI is InChI=1S/C12H19ClN2O2/c1-8(4-6-13)5-7-15-12(17)10(3)9(2)11(16)14-15/h8H,4-7H2,1-3H3,(H,14,16). The maximum absolute atomic E-state index is 11.9. The molecule has 1 atom stereocenters. The van der Waals surface area contributed by atoms with E-state index in [0.717, 1.165) is 12.8 Å². The second kappa shape index (κ2) is 6.05. The minimum Gasteiger partial charge on any atom is -0.268 e. The summed E-state index contributed by atoms with van der Waals surface area (Å²) in [5.41, 5.74) is 0.728. The molecular formula is C12H19ClN2O2. The third kappa shape index (κ3) is 3.46. The van der Waals surface area contributed by atoms with Crippen LogP contribution < -0.4 is 11.1 Å². The summed E-state index contributed by atoms with van der Waals surface area (Å²) in [6.07, 6.45) is 1.76. The zero-order chi connectivity index (χ0) is 13.0. The summed E-state index contributed by atoms with van der Waals surface area (Å²) in [5.74, 6) is 1.07. The molecule has 0 spiro atoms. The fourth-order valence-electron chi connectivity index (χ4n) is 1.63. The van der Waals surface area contributed by atoms with Gasteiger partial charge in [-0.2, -0.15) is 0 Å². The van der Waals surface area contributed by atoms with Gasteiger partial charge in [0, 0.05) is 23.6 Å². The summed E-state index contributed by atoms with van der Waals surface area (Å²) in [5, 5.41) is 2.60. The minimum absolute atomic E-state index is 0.111. The largest absolute Gasteiger partial charge is 0.268 e. The molecule has 1 aromatic rings. The monoisotopic (exact) mass is 258 g/mol. The van der Waals surface area contributed by atoms with Crippen LogP contribution in [-0.2, 0) is 6.54 Å². The topological polar surface area (TPSA) is 54.9 Å². The molecule has 96 valence electrons. The number of aromatic amines is 1. The molecule has 0 bridgehead atoms. The number of rotatable bonds is 5. The summed E-state index contributed by atoms with van der Waals surface area (Å²) in [6.45, 7) is 5.97. The summed E-state index contributed by atoms with van der Waals surface area (Å²) in [4.78, 5) is 23.4. The number of alkyl halides is 1. The Bertz CT molecular complexity index is 490. The van der Waals surface area contributed by atoms with Crippen LogP contribution in [0.2, 0.25) is 0 Å². The van der Waals surface area contributed by atoms with Gasteiger partial charge in [0.15, 0.2) is 0 Å². The summed E-state index contributed by atoms with van der Waals surface area (Å²) in [6, 6.07) is 0. The molecule has 4 nitrogen and oxygen atoms in total. The van der Waals surface area contributed by atoms with Crippen molar-refractivity contribution in [1.29, 1.82) is 0 Å². The van der Waals surface area contributed by atoms with Crippen molar-refractivity contribution in [3.8, 4) is 0 Å². The third-order valence-corrected chi connectivity index (χ3v) is 3.37. The number of halogens is 1. The first kappa shape index (κ1) is 14.0. The van der Waals surface area contributed by atoms with Crippen LogP contribution in [0.3, 0.4) is 0 Å². The number of aryl methyl sites for hydroxylation is 1. The Morgan fingerprint density at radius 3 is 2.47 bits per heavy atom. The molecular weight excluding hydrogens is 240 g/mol. The van der Waals surface area contributed by atoms with Crippen molar-refractivity contribution in [3.05, 3.63) is 31.8 Å². The Labute approximate surface area is 106 Å². The van der Waals surface area contributed by atoms with Crippen molar-refractivity contribution >= 4 is 11.6 Å². The molecule has 0 aliphatic rings. The summed E-state index contributed by atoms with van der Waals surface area (Å²) in [7, 11) is 0. The molecule has 1 N–H and O–H groups in total. The van der Waals surface area contributed by atoms with E-state index >= 15 is 0 Å². The highest BCUT2D eigenvalue weighted by molar-refractivity contribution is 6.17. The van der Waals surface area contributed by atoms with E-state index < -0.39 is 0 Å². The molecule has 0 amide bonds. The van der Waals surface area contributed by atoms with Crippen molar-refractivity contribution in [2.75, 3.05) is 5.88 Å². The lowest BCUT2D eigenvalue weighted by Gasteiger charge is -2.11. The average molecular weight is 259 g/mol. The van der Waals surface area contributed by atoms with Crippen molar-refractivity contribution in [1.82, 2.24) is 9.78 Å². The molecule has 0 radical (unpaired) electrons. The minimum atomic E-state index is -0.188. The van der Waals surface area contributed by atoms with Gasteiger partial charge in [0.25, 0.3) is 11.1 Å². The van der Waals surface area contributed by atoms with E-state index in [-0.39, 0.29) is 11.1 Å². The van der Waals surface area contributed by atoms with Crippen LogP contribution in [-0.4, -0.2) is 15.7 Å². The van der Waals surface area contributed by atoms with E-state index in [2.05, 4.69) is 12.0 Å². The van der Waals surface area contributed by atoms with Crippen LogP contribution in [0.1, 0.15) is 30.9 Å². The fraction of sp³-hybridized carbons (Fsp3) is 0.667. The van der Waals surface area contributed by atoms with E-state index in [1.807, 2.05) is 0 Å². The van der Waals surface area contributed by atoms with Gasteiger partial charge in [-0.05, 0) is 32.6 Å². The Morgan fingerprint density at radius 2 is 1.88 bits per heavy atom. The quantitative estimate of drug-likeness (QED) is 0.819. The molecule has 1 aromatic heterocycles. The SMILES string of the molecule is Cc1c(C)c(=O)n(CCC(C)CCCl)[nH]c1=O. The summed E-state index contributed by atoms with van der Waals surface area (Å²) >= 11 is 5.65. The number of hydrogen-bond acceptors (Lipinski definition) is 2. The van der Waals surface area contributed by atoms with Gasteiger partial charge in [-0.3, -0.25) is 19.4 Å².